The van der Waals surface area contributed by atoms with Gasteiger partial charge in [0.2, 0.25) is 0 Å². The van der Waals surface area contributed by atoms with Crippen molar-refractivity contribution >= 4 is 0 Å². The average molecular weight is 101 g/mol. The predicted octanol–water partition coefficient (Wildman–Crippen LogP) is 0.452. The number of ether oxygens (including phenoxy) is 1. The normalized spacial score (nSPS) is 26.6. The molecule has 1 aliphatic heterocycles. The first-order valence-corrected chi connectivity index (χ1v) is 2.54. The van der Waals surface area contributed by atoms with Gasteiger partial charge in [-0.15, -0.1) is 0 Å². The molecule has 2 heteroatoms. The minimum atomic E-state index is -0.422. The summed E-state index contributed by atoms with van der Waals surface area (Å²) in [6.45, 7) is 3.06. The van der Waals surface area contributed by atoms with E-state index in [-0.39, 0.29) is 0 Å². The zero-order valence-electron chi connectivity index (χ0n) is 4.39. The third-order valence-corrected chi connectivity index (χ3v) is 1.33. The maximum absolute atomic E-state index is 10.4. The first kappa shape index (κ1) is 5.06. The summed E-state index contributed by atoms with van der Waals surface area (Å²) >= 11 is 0. The first-order chi connectivity index (χ1) is 3.30. The molecule has 0 saturated carbocycles. The topological polar surface area (TPSA) is 29.1 Å². The molecule has 1 unspecified atom stereocenters. The summed E-state index contributed by atoms with van der Waals surface area (Å²) in [6.07, 6.45) is -0.422. The van der Waals surface area contributed by atoms with Gasteiger partial charge in [0.05, 0.1) is 19.3 Å². The van der Waals surface area contributed by atoms with E-state index in [4.69, 9.17) is 4.74 Å². The van der Waals surface area contributed by atoms with Crippen LogP contribution in [0.3, 0.4) is 0 Å². The molecule has 41 valence electrons. The van der Waals surface area contributed by atoms with E-state index in [2.05, 4.69) is 0 Å². The van der Waals surface area contributed by atoms with Crippen LogP contribution in [0, 0.1) is 5.92 Å². The molecule has 0 aromatic heterocycles. The summed E-state index contributed by atoms with van der Waals surface area (Å²) in [5.41, 5.74) is 0. The van der Waals surface area contributed by atoms with Crippen LogP contribution in [0.25, 0.3) is 0 Å². The van der Waals surface area contributed by atoms with Crippen LogP contribution in [0.5, 0.6) is 0 Å². The van der Waals surface area contributed by atoms with E-state index >= 15 is 0 Å². The van der Waals surface area contributed by atoms with Gasteiger partial charge in [-0.1, -0.05) is 0 Å². The van der Waals surface area contributed by atoms with E-state index in [0.717, 1.165) is 0 Å². The van der Waals surface area contributed by atoms with Crippen LogP contribution in [0.2, 0.25) is 0 Å². The molecule has 1 atom stereocenters. The lowest BCUT2D eigenvalue weighted by Crippen LogP contribution is -2.35. The van der Waals surface area contributed by atoms with E-state index < -0.39 is 6.10 Å². The zero-order chi connectivity index (χ0) is 5.28. The molecule has 1 fully saturated rings. The van der Waals surface area contributed by atoms with E-state index in [1.165, 1.54) is 0 Å². The molecular weight excluding hydrogens is 92.1 g/mol. The maximum atomic E-state index is 10.4. The highest BCUT2D eigenvalue weighted by molar-refractivity contribution is 4.69. The van der Waals surface area contributed by atoms with E-state index in [0.29, 0.717) is 19.1 Å². The Balaban J connectivity index is 2.14. The van der Waals surface area contributed by atoms with Crippen molar-refractivity contribution in [3.05, 3.63) is 0 Å². The molecule has 0 N–H and O–H groups in total. The van der Waals surface area contributed by atoms with Crippen LogP contribution in [-0.2, 0) is 9.84 Å². The minimum absolute atomic E-state index is 0.306. The molecule has 0 bridgehead atoms. The highest BCUT2D eigenvalue weighted by Crippen LogP contribution is 2.13. The summed E-state index contributed by atoms with van der Waals surface area (Å²) in [5.74, 6) is 0.306. The van der Waals surface area contributed by atoms with Crippen LogP contribution in [0.4, 0.5) is 0 Å². The molecule has 7 heavy (non-hydrogen) atoms. The highest BCUT2D eigenvalue weighted by Gasteiger charge is 2.23. The molecule has 0 aromatic carbocycles. The fourth-order valence-corrected chi connectivity index (χ4v) is 0.525. The standard InChI is InChI=1S/C5H9O2/c1-4(6)5-2-7-3-5/h4-5H,2-3H2,1H3. The average Bonchev–Trinajstić information content (AvgIpc) is 1.23. The quantitative estimate of drug-likeness (QED) is 0.471. The summed E-state index contributed by atoms with van der Waals surface area (Å²) in [6, 6.07) is 0. The predicted molar refractivity (Wildman–Crippen MR) is 24.5 cm³/mol. The van der Waals surface area contributed by atoms with Crippen LogP contribution in [0.1, 0.15) is 6.92 Å². The van der Waals surface area contributed by atoms with Crippen molar-refractivity contribution in [3.63, 3.8) is 0 Å². The van der Waals surface area contributed by atoms with Gasteiger partial charge >= 0.3 is 0 Å². The maximum Gasteiger partial charge on any atom is 0.0974 e. The van der Waals surface area contributed by atoms with Gasteiger partial charge in [0.25, 0.3) is 0 Å². The molecule has 0 amide bonds. The summed E-state index contributed by atoms with van der Waals surface area (Å²) < 4.78 is 4.80. The van der Waals surface area contributed by atoms with Crippen molar-refractivity contribution in [1.82, 2.24) is 0 Å². The summed E-state index contributed by atoms with van der Waals surface area (Å²) in [5, 5.41) is 10.4. The molecule has 0 spiro atoms. The van der Waals surface area contributed by atoms with Gasteiger partial charge in [-0.2, -0.15) is 0 Å². The zero-order valence-corrected chi connectivity index (χ0v) is 4.39. The molecule has 1 heterocycles. The van der Waals surface area contributed by atoms with Crippen LogP contribution < -0.4 is 0 Å². The molecule has 0 aromatic rings. The Morgan fingerprint density at radius 1 is 1.71 bits per heavy atom. The lowest BCUT2D eigenvalue weighted by molar-refractivity contribution is -0.104. The highest BCUT2D eigenvalue weighted by atomic mass is 16.5. The number of hydrogen-bond acceptors (Lipinski definition) is 1. The molecule has 1 saturated heterocycles. The van der Waals surface area contributed by atoms with Crippen molar-refractivity contribution in [3.8, 4) is 0 Å². The Bertz CT molecular complexity index is 57.1. The molecule has 1 rings (SSSR count). The Morgan fingerprint density at radius 3 is 2.29 bits per heavy atom. The van der Waals surface area contributed by atoms with Gasteiger partial charge < -0.3 is 4.74 Å². The van der Waals surface area contributed by atoms with Gasteiger partial charge in [-0.05, 0) is 6.92 Å². The van der Waals surface area contributed by atoms with Gasteiger partial charge in [0.1, 0.15) is 0 Å². The van der Waals surface area contributed by atoms with E-state index in [9.17, 15) is 5.11 Å². The van der Waals surface area contributed by atoms with Crippen molar-refractivity contribution in [2.45, 2.75) is 13.0 Å². The second kappa shape index (κ2) is 1.80. The molecule has 0 aliphatic carbocycles. The largest absolute Gasteiger partial charge is 0.380 e. The second-order valence-electron chi connectivity index (χ2n) is 2.00. The SMILES string of the molecule is CC([O])C1COC1. The second-order valence-corrected chi connectivity index (χ2v) is 2.00. The van der Waals surface area contributed by atoms with Crippen molar-refractivity contribution in [2.75, 3.05) is 13.2 Å². The third kappa shape index (κ3) is 0.924. The van der Waals surface area contributed by atoms with Gasteiger partial charge in [-0.25, -0.2) is 5.11 Å². The van der Waals surface area contributed by atoms with Crippen molar-refractivity contribution in [1.29, 1.82) is 0 Å². The van der Waals surface area contributed by atoms with Crippen LogP contribution in [0.15, 0.2) is 0 Å². The Hall–Kier alpha value is -0.0800. The van der Waals surface area contributed by atoms with Gasteiger partial charge in [0.15, 0.2) is 0 Å². The van der Waals surface area contributed by atoms with Crippen molar-refractivity contribution < 1.29 is 9.84 Å². The Kier molecular flexibility index (Phi) is 1.30. The van der Waals surface area contributed by atoms with Gasteiger partial charge in [-0.3, -0.25) is 0 Å². The van der Waals surface area contributed by atoms with Gasteiger partial charge in [0, 0.05) is 5.92 Å². The molecule has 2 nitrogen and oxygen atoms in total. The van der Waals surface area contributed by atoms with Crippen LogP contribution >= 0.6 is 0 Å². The monoisotopic (exact) mass is 101 g/mol. The first-order valence-electron chi connectivity index (χ1n) is 2.54. The third-order valence-electron chi connectivity index (χ3n) is 1.33. The lowest BCUT2D eigenvalue weighted by Gasteiger charge is -2.26. The fraction of sp³-hybridized carbons (Fsp3) is 1.00. The van der Waals surface area contributed by atoms with E-state index in [1.54, 1.807) is 6.92 Å². The van der Waals surface area contributed by atoms with Crippen LogP contribution in [-0.4, -0.2) is 19.3 Å². The molecule has 1 radical (unpaired) electrons. The lowest BCUT2D eigenvalue weighted by atomic mass is 10.0. The number of hydrogen-bond donors (Lipinski definition) is 0. The van der Waals surface area contributed by atoms with Crippen molar-refractivity contribution in [2.24, 2.45) is 5.92 Å². The molecule has 1 aliphatic rings. The fourth-order valence-electron chi connectivity index (χ4n) is 0.525. The number of rotatable bonds is 1. The van der Waals surface area contributed by atoms with E-state index in [1.807, 2.05) is 0 Å². The Morgan fingerprint density at radius 2 is 2.29 bits per heavy atom. The minimum Gasteiger partial charge on any atom is -0.380 e. The Labute approximate surface area is 43.1 Å². The summed E-state index contributed by atoms with van der Waals surface area (Å²) in [7, 11) is 0. The smallest absolute Gasteiger partial charge is 0.0974 e. The summed E-state index contributed by atoms with van der Waals surface area (Å²) in [4.78, 5) is 0. The molecular formula is C5H9O2.